The predicted octanol–water partition coefficient (Wildman–Crippen LogP) is -1.42. The van der Waals surface area contributed by atoms with Gasteiger partial charge in [-0.15, -0.1) is 0 Å². The molecular weight excluding hydrogens is 186 g/mol. The molecule has 0 aromatic carbocycles. The first-order chi connectivity index (χ1) is 6.54. The Kier molecular flexibility index (Phi) is 2.85. The SMILES string of the molecule is CCc1cn(CC(N)=O)c(=O)[nH]c1=O. The number of nitrogens with one attached hydrogen (secondary N) is 1. The highest BCUT2D eigenvalue weighted by Crippen LogP contribution is 1.88. The van der Waals surface area contributed by atoms with Crippen LogP contribution in [0.15, 0.2) is 15.8 Å². The molecule has 1 aromatic rings. The van der Waals surface area contributed by atoms with Crippen LogP contribution < -0.4 is 17.0 Å². The number of carbonyl (C=O) groups excluding carboxylic acids is 1. The number of aromatic amines is 1. The third-order valence-corrected chi connectivity index (χ3v) is 1.79. The maximum Gasteiger partial charge on any atom is 0.328 e. The molecule has 0 aliphatic carbocycles. The van der Waals surface area contributed by atoms with E-state index in [0.717, 1.165) is 4.57 Å². The van der Waals surface area contributed by atoms with Gasteiger partial charge in [0.15, 0.2) is 0 Å². The van der Waals surface area contributed by atoms with Crippen molar-refractivity contribution in [2.75, 3.05) is 0 Å². The Bertz CT molecular complexity index is 458. The van der Waals surface area contributed by atoms with E-state index >= 15 is 0 Å². The van der Waals surface area contributed by atoms with Crippen molar-refractivity contribution in [3.05, 3.63) is 32.6 Å². The van der Waals surface area contributed by atoms with Gasteiger partial charge >= 0.3 is 5.69 Å². The summed E-state index contributed by atoms with van der Waals surface area (Å²) in [5, 5.41) is 0. The Morgan fingerprint density at radius 1 is 1.57 bits per heavy atom. The normalized spacial score (nSPS) is 10.1. The fourth-order valence-electron chi connectivity index (χ4n) is 1.09. The van der Waals surface area contributed by atoms with Crippen molar-refractivity contribution in [3.8, 4) is 0 Å². The number of hydrogen-bond donors (Lipinski definition) is 2. The van der Waals surface area contributed by atoms with Gasteiger partial charge in [-0.25, -0.2) is 4.79 Å². The van der Waals surface area contributed by atoms with Crippen molar-refractivity contribution in [2.45, 2.75) is 19.9 Å². The molecule has 76 valence electrons. The van der Waals surface area contributed by atoms with Crippen molar-refractivity contribution in [3.63, 3.8) is 0 Å². The van der Waals surface area contributed by atoms with Crippen LogP contribution in [-0.4, -0.2) is 15.5 Å². The lowest BCUT2D eigenvalue weighted by atomic mass is 10.3. The number of aromatic nitrogens is 2. The topological polar surface area (TPSA) is 97.9 Å². The largest absolute Gasteiger partial charge is 0.368 e. The second-order valence-corrected chi connectivity index (χ2v) is 2.86. The zero-order valence-corrected chi connectivity index (χ0v) is 7.74. The fourth-order valence-corrected chi connectivity index (χ4v) is 1.09. The Balaban J connectivity index is 3.24. The highest BCUT2D eigenvalue weighted by molar-refractivity contribution is 5.73. The molecule has 0 spiro atoms. The number of primary amides is 1. The lowest BCUT2D eigenvalue weighted by Crippen LogP contribution is -2.34. The molecule has 0 aliphatic heterocycles. The van der Waals surface area contributed by atoms with Gasteiger partial charge in [-0.1, -0.05) is 6.92 Å². The number of amides is 1. The van der Waals surface area contributed by atoms with E-state index in [1.54, 1.807) is 6.92 Å². The van der Waals surface area contributed by atoms with E-state index in [2.05, 4.69) is 4.98 Å². The summed E-state index contributed by atoms with van der Waals surface area (Å²) >= 11 is 0. The maximum atomic E-state index is 11.1. The van der Waals surface area contributed by atoms with Gasteiger partial charge < -0.3 is 5.73 Å². The smallest absolute Gasteiger partial charge is 0.328 e. The van der Waals surface area contributed by atoms with Gasteiger partial charge in [0, 0.05) is 11.8 Å². The predicted molar refractivity (Wildman–Crippen MR) is 49.9 cm³/mol. The summed E-state index contributed by atoms with van der Waals surface area (Å²) in [6, 6.07) is 0. The molecule has 3 N–H and O–H groups in total. The van der Waals surface area contributed by atoms with Crippen molar-refractivity contribution < 1.29 is 4.79 Å². The molecular formula is C8H11N3O3. The summed E-state index contributed by atoms with van der Waals surface area (Å²) in [4.78, 5) is 35.0. The van der Waals surface area contributed by atoms with Gasteiger partial charge in [-0.3, -0.25) is 19.1 Å². The van der Waals surface area contributed by atoms with E-state index in [9.17, 15) is 14.4 Å². The minimum atomic E-state index is -0.624. The molecule has 6 heteroatoms. The second-order valence-electron chi connectivity index (χ2n) is 2.86. The standard InChI is InChI=1S/C8H11N3O3/c1-2-5-3-11(4-6(9)12)8(14)10-7(5)13/h3H,2,4H2,1H3,(H2,9,12)(H,10,13,14). The highest BCUT2D eigenvalue weighted by Gasteiger charge is 2.04. The third kappa shape index (κ3) is 2.09. The molecule has 0 saturated heterocycles. The van der Waals surface area contributed by atoms with E-state index in [1.807, 2.05) is 0 Å². The minimum absolute atomic E-state index is 0.220. The van der Waals surface area contributed by atoms with E-state index < -0.39 is 17.2 Å². The van der Waals surface area contributed by atoms with Crippen LogP contribution in [0.25, 0.3) is 0 Å². The number of nitrogens with two attached hydrogens (primary N) is 1. The van der Waals surface area contributed by atoms with E-state index in [4.69, 9.17) is 5.73 Å². The van der Waals surface area contributed by atoms with Gasteiger partial charge in [0.1, 0.15) is 6.54 Å². The lowest BCUT2D eigenvalue weighted by Gasteiger charge is -2.03. The summed E-state index contributed by atoms with van der Waals surface area (Å²) in [5.41, 5.74) is 4.34. The zero-order chi connectivity index (χ0) is 10.7. The Hall–Kier alpha value is -1.85. The van der Waals surface area contributed by atoms with Crippen LogP contribution >= 0.6 is 0 Å². The number of aryl methyl sites for hydroxylation is 1. The van der Waals surface area contributed by atoms with Crippen molar-refractivity contribution in [1.29, 1.82) is 0 Å². The van der Waals surface area contributed by atoms with Crippen LogP contribution in [0.1, 0.15) is 12.5 Å². The third-order valence-electron chi connectivity index (χ3n) is 1.79. The van der Waals surface area contributed by atoms with Crippen molar-refractivity contribution in [1.82, 2.24) is 9.55 Å². The van der Waals surface area contributed by atoms with E-state index in [1.165, 1.54) is 6.20 Å². The van der Waals surface area contributed by atoms with Gasteiger partial charge in [-0.2, -0.15) is 0 Å². The molecule has 0 fully saturated rings. The van der Waals surface area contributed by atoms with Crippen LogP contribution in [0.2, 0.25) is 0 Å². The highest BCUT2D eigenvalue weighted by atomic mass is 16.2. The molecule has 1 rings (SSSR count). The van der Waals surface area contributed by atoms with E-state index in [-0.39, 0.29) is 6.54 Å². The molecule has 14 heavy (non-hydrogen) atoms. The fraction of sp³-hybridized carbons (Fsp3) is 0.375. The Morgan fingerprint density at radius 3 is 2.71 bits per heavy atom. The Morgan fingerprint density at radius 2 is 2.21 bits per heavy atom. The Labute approximate surface area is 79.4 Å². The van der Waals surface area contributed by atoms with Crippen LogP contribution in [0.3, 0.4) is 0 Å². The van der Waals surface area contributed by atoms with Gasteiger partial charge in [0.05, 0.1) is 0 Å². The molecule has 0 aliphatic rings. The molecule has 0 unspecified atom stereocenters. The van der Waals surface area contributed by atoms with Crippen LogP contribution in [-0.2, 0) is 17.8 Å². The maximum absolute atomic E-state index is 11.1. The zero-order valence-electron chi connectivity index (χ0n) is 7.74. The average molecular weight is 197 g/mol. The lowest BCUT2D eigenvalue weighted by molar-refractivity contribution is -0.118. The number of hydrogen-bond acceptors (Lipinski definition) is 3. The van der Waals surface area contributed by atoms with Crippen molar-refractivity contribution in [2.24, 2.45) is 5.73 Å². The first-order valence-electron chi connectivity index (χ1n) is 4.15. The minimum Gasteiger partial charge on any atom is -0.368 e. The summed E-state index contributed by atoms with van der Waals surface area (Å²) in [7, 11) is 0. The number of H-pyrrole nitrogens is 1. The molecule has 0 atom stereocenters. The molecule has 0 saturated carbocycles. The summed E-state index contributed by atoms with van der Waals surface area (Å²) in [5.74, 6) is -0.624. The molecule has 0 bridgehead atoms. The summed E-state index contributed by atoms with van der Waals surface area (Å²) in [6.45, 7) is 1.56. The van der Waals surface area contributed by atoms with Crippen LogP contribution in [0.5, 0.6) is 0 Å². The average Bonchev–Trinajstić information content (AvgIpc) is 2.09. The number of carbonyl (C=O) groups is 1. The van der Waals surface area contributed by atoms with Gasteiger partial charge in [0.2, 0.25) is 5.91 Å². The van der Waals surface area contributed by atoms with Crippen LogP contribution in [0, 0.1) is 0 Å². The molecule has 0 radical (unpaired) electrons. The first-order valence-corrected chi connectivity index (χ1v) is 4.15. The van der Waals surface area contributed by atoms with Crippen molar-refractivity contribution >= 4 is 5.91 Å². The summed E-state index contributed by atoms with van der Waals surface area (Å²) in [6.07, 6.45) is 1.85. The monoisotopic (exact) mass is 197 g/mol. The molecule has 1 heterocycles. The van der Waals surface area contributed by atoms with Gasteiger partial charge in [-0.05, 0) is 6.42 Å². The first kappa shape index (κ1) is 10.2. The quantitative estimate of drug-likeness (QED) is 0.622. The van der Waals surface area contributed by atoms with Crippen LogP contribution in [0.4, 0.5) is 0 Å². The molecule has 6 nitrogen and oxygen atoms in total. The molecule has 1 amide bonds. The van der Waals surface area contributed by atoms with E-state index in [0.29, 0.717) is 12.0 Å². The van der Waals surface area contributed by atoms with Gasteiger partial charge in [0.25, 0.3) is 5.56 Å². The second kappa shape index (κ2) is 3.91. The number of rotatable bonds is 3. The number of nitrogens with zero attached hydrogens (tertiary/aromatic N) is 1. The molecule has 1 aromatic heterocycles. The summed E-state index contributed by atoms with van der Waals surface area (Å²) < 4.78 is 1.09.